The number of halogens is 2. The second-order valence-corrected chi connectivity index (χ2v) is 6.22. The highest BCUT2D eigenvalue weighted by Gasteiger charge is 2.33. The molecule has 18 heavy (non-hydrogen) atoms. The fourth-order valence-electron chi connectivity index (χ4n) is 2.91. The quantitative estimate of drug-likeness (QED) is 0.875. The van der Waals surface area contributed by atoms with Crippen molar-refractivity contribution < 1.29 is 4.39 Å². The van der Waals surface area contributed by atoms with Crippen LogP contribution in [0.2, 0.25) is 5.02 Å². The van der Waals surface area contributed by atoms with Gasteiger partial charge in [0.05, 0.1) is 5.02 Å². The van der Waals surface area contributed by atoms with E-state index in [1.807, 2.05) is 6.07 Å². The molecule has 2 rings (SSSR count). The molecule has 0 bridgehead atoms. The van der Waals surface area contributed by atoms with E-state index in [4.69, 9.17) is 17.3 Å². The van der Waals surface area contributed by atoms with E-state index in [9.17, 15) is 4.39 Å². The highest BCUT2D eigenvalue weighted by Crippen LogP contribution is 2.40. The number of hydrogen-bond donors (Lipinski definition) is 1. The molecule has 100 valence electrons. The topological polar surface area (TPSA) is 26.0 Å². The van der Waals surface area contributed by atoms with Crippen LogP contribution in [0.15, 0.2) is 18.2 Å². The lowest BCUT2D eigenvalue weighted by Gasteiger charge is -2.39. The van der Waals surface area contributed by atoms with Gasteiger partial charge in [-0.2, -0.15) is 0 Å². The van der Waals surface area contributed by atoms with E-state index in [1.165, 1.54) is 31.7 Å². The van der Waals surface area contributed by atoms with Gasteiger partial charge >= 0.3 is 0 Å². The molecular weight excluding hydrogens is 249 g/mol. The average molecular weight is 270 g/mol. The molecule has 1 aliphatic carbocycles. The summed E-state index contributed by atoms with van der Waals surface area (Å²) in [5.41, 5.74) is 7.28. The monoisotopic (exact) mass is 269 g/mol. The molecule has 0 spiro atoms. The van der Waals surface area contributed by atoms with Gasteiger partial charge in [-0.3, -0.25) is 0 Å². The van der Waals surface area contributed by atoms with Crippen molar-refractivity contribution in [2.24, 2.45) is 17.1 Å². The molecule has 0 amide bonds. The zero-order chi connectivity index (χ0) is 13.2. The van der Waals surface area contributed by atoms with E-state index in [0.717, 1.165) is 17.9 Å². The number of benzene rings is 1. The maximum atomic E-state index is 13.1. The van der Waals surface area contributed by atoms with Gasteiger partial charge in [0.1, 0.15) is 5.82 Å². The van der Waals surface area contributed by atoms with Crippen LogP contribution in [0.25, 0.3) is 0 Å². The smallest absolute Gasteiger partial charge is 0.141 e. The zero-order valence-electron chi connectivity index (χ0n) is 10.9. The fraction of sp³-hybridized carbons (Fsp3) is 0.600. The van der Waals surface area contributed by atoms with Crippen LogP contribution in [0.3, 0.4) is 0 Å². The van der Waals surface area contributed by atoms with Gasteiger partial charge in [-0.1, -0.05) is 37.4 Å². The van der Waals surface area contributed by atoms with Crippen molar-refractivity contribution in [2.45, 2.75) is 39.0 Å². The molecule has 1 aromatic rings. The minimum Gasteiger partial charge on any atom is -0.330 e. The van der Waals surface area contributed by atoms with Crippen molar-refractivity contribution in [3.8, 4) is 0 Å². The molecule has 1 aliphatic rings. The first-order valence-corrected chi connectivity index (χ1v) is 7.06. The van der Waals surface area contributed by atoms with E-state index in [1.54, 1.807) is 6.07 Å². The van der Waals surface area contributed by atoms with Crippen molar-refractivity contribution >= 4 is 11.6 Å². The Morgan fingerprint density at radius 3 is 2.61 bits per heavy atom. The Labute approximate surface area is 114 Å². The molecule has 3 heteroatoms. The lowest BCUT2D eigenvalue weighted by atomic mass is 9.68. The van der Waals surface area contributed by atoms with Gasteiger partial charge in [0.15, 0.2) is 0 Å². The number of hydrogen-bond acceptors (Lipinski definition) is 1. The molecule has 1 aromatic carbocycles. The van der Waals surface area contributed by atoms with E-state index in [0.29, 0.717) is 6.54 Å². The normalized spacial score (nSPS) is 28.3. The molecular formula is C15H21ClFN. The summed E-state index contributed by atoms with van der Waals surface area (Å²) in [6, 6.07) is 5.02. The standard InChI is InChI=1S/C15H21ClFN/c1-11-4-6-15(10-18,7-5-11)9-12-2-3-14(17)13(16)8-12/h2-3,8,11H,4-7,9-10,18H2,1H3. The van der Waals surface area contributed by atoms with E-state index in [2.05, 4.69) is 6.92 Å². The van der Waals surface area contributed by atoms with Crippen LogP contribution in [0, 0.1) is 17.2 Å². The van der Waals surface area contributed by atoms with Crippen LogP contribution in [-0.2, 0) is 6.42 Å². The Balaban J connectivity index is 2.12. The molecule has 0 radical (unpaired) electrons. The van der Waals surface area contributed by atoms with Crippen LogP contribution in [0.5, 0.6) is 0 Å². The van der Waals surface area contributed by atoms with Crippen LogP contribution in [0.4, 0.5) is 4.39 Å². The Hall–Kier alpha value is -0.600. The summed E-state index contributed by atoms with van der Waals surface area (Å²) in [5.74, 6) is 0.459. The third-order valence-electron chi connectivity index (χ3n) is 4.33. The van der Waals surface area contributed by atoms with Crippen molar-refractivity contribution in [3.63, 3.8) is 0 Å². The Morgan fingerprint density at radius 1 is 1.39 bits per heavy atom. The second kappa shape index (κ2) is 5.58. The summed E-state index contributed by atoms with van der Waals surface area (Å²) in [4.78, 5) is 0. The molecule has 0 aliphatic heterocycles. The summed E-state index contributed by atoms with van der Waals surface area (Å²) in [6.45, 7) is 3.00. The molecule has 1 saturated carbocycles. The predicted octanol–water partition coefficient (Wildman–Crippen LogP) is 4.18. The number of nitrogens with two attached hydrogens (primary N) is 1. The van der Waals surface area contributed by atoms with Crippen molar-refractivity contribution in [1.82, 2.24) is 0 Å². The molecule has 1 fully saturated rings. The minimum atomic E-state index is -0.348. The first kappa shape index (κ1) is 13.8. The van der Waals surface area contributed by atoms with Gasteiger partial charge in [-0.15, -0.1) is 0 Å². The Morgan fingerprint density at radius 2 is 2.06 bits per heavy atom. The molecule has 0 heterocycles. The van der Waals surface area contributed by atoms with Gasteiger partial charge in [0, 0.05) is 0 Å². The first-order valence-electron chi connectivity index (χ1n) is 6.69. The molecule has 0 aromatic heterocycles. The Bertz CT molecular complexity index is 411. The summed E-state index contributed by atoms with van der Waals surface area (Å²) < 4.78 is 13.1. The maximum absolute atomic E-state index is 13.1. The lowest BCUT2D eigenvalue weighted by Crippen LogP contribution is -2.36. The van der Waals surface area contributed by atoms with Gasteiger partial charge in [-0.05, 0) is 54.8 Å². The number of rotatable bonds is 3. The maximum Gasteiger partial charge on any atom is 0.141 e. The Kier molecular flexibility index (Phi) is 4.29. The molecule has 0 unspecified atom stereocenters. The lowest BCUT2D eigenvalue weighted by molar-refractivity contribution is 0.163. The zero-order valence-corrected chi connectivity index (χ0v) is 11.6. The first-order chi connectivity index (χ1) is 8.54. The summed E-state index contributed by atoms with van der Waals surface area (Å²) in [7, 11) is 0. The summed E-state index contributed by atoms with van der Waals surface area (Å²) in [5, 5.41) is 0.212. The van der Waals surface area contributed by atoms with Crippen LogP contribution < -0.4 is 5.73 Å². The highest BCUT2D eigenvalue weighted by atomic mass is 35.5. The minimum absolute atomic E-state index is 0.188. The highest BCUT2D eigenvalue weighted by molar-refractivity contribution is 6.30. The molecule has 0 atom stereocenters. The SMILES string of the molecule is CC1CCC(CN)(Cc2ccc(F)c(Cl)c2)CC1. The summed E-state index contributed by atoms with van der Waals surface area (Å²) >= 11 is 5.84. The van der Waals surface area contributed by atoms with Crippen molar-refractivity contribution in [2.75, 3.05) is 6.54 Å². The fourth-order valence-corrected chi connectivity index (χ4v) is 3.11. The van der Waals surface area contributed by atoms with E-state index >= 15 is 0 Å². The van der Waals surface area contributed by atoms with Gasteiger partial charge in [0.25, 0.3) is 0 Å². The van der Waals surface area contributed by atoms with Crippen LogP contribution in [-0.4, -0.2) is 6.54 Å². The van der Waals surface area contributed by atoms with Gasteiger partial charge in [0.2, 0.25) is 0 Å². The third kappa shape index (κ3) is 3.04. The van der Waals surface area contributed by atoms with Gasteiger partial charge < -0.3 is 5.73 Å². The molecule has 1 nitrogen and oxygen atoms in total. The average Bonchev–Trinajstić information content (AvgIpc) is 2.37. The van der Waals surface area contributed by atoms with E-state index < -0.39 is 0 Å². The molecule has 0 saturated heterocycles. The van der Waals surface area contributed by atoms with Crippen LogP contribution in [0.1, 0.15) is 38.2 Å². The molecule has 2 N–H and O–H groups in total. The van der Waals surface area contributed by atoms with E-state index in [-0.39, 0.29) is 16.3 Å². The third-order valence-corrected chi connectivity index (χ3v) is 4.62. The second-order valence-electron chi connectivity index (χ2n) is 5.81. The van der Waals surface area contributed by atoms with Crippen molar-refractivity contribution in [1.29, 1.82) is 0 Å². The van der Waals surface area contributed by atoms with Crippen molar-refractivity contribution in [3.05, 3.63) is 34.6 Å². The largest absolute Gasteiger partial charge is 0.330 e. The van der Waals surface area contributed by atoms with Crippen LogP contribution >= 0.6 is 11.6 Å². The summed E-state index contributed by atoms with van der Waals surface area (Å²) in [6.07, 6.45) is 5.73. The predicted molar refractivity (Wildman–Crippen MR) is 74.2 cm³/mol. The van der Waals surface area contributed by atoms with Gasteiger partial charge in [-0.25, -0.2) is 4.39 Å².